The van der Waals surface area contributed by atoms with E-state index in [1.165, 1.54) is 25.7 Å². The van der Waals surface area contributed by atoms with Crippen molar-refractivity contribution >= 4 is 0 Å². The molecule has 0 heterocycles. The zero-order valence-corrected chi connectivity index (χ0v) is 10.8. The maximum atomic E-state index is 6.48. The predicted molar refractivity (Wildman–Crippen MR) is 65.4 cm³/mol. The summed E-state index contributed by atoms with van der Waals surface area (Å²) in [5.41, 5.74) is 6.56. The lowest BCUT2D eigenvalue weighted by Crippen LogP contribution is -2.46. The predicted octanol–water partition coefficient (Wildman–Crippen LogP) is 3.97. The molecule has 0 aromatic carbocycles. The fourth-order valence-electron chi connectivity index (χ4n) is 2.34. The Balaban J connectivity index is 4.23. The zero-order chi connectivity index (χ0) is 11.2. The summed E-state index contributed by atoms with van der Waals surface area (Å²) < 4.78 is 0. The third kappa shape index (κ3) is 4.00. The molecule has 3 unspecified atom stereocenters. The third-order valence-electron chi connectivity index (χ3n) is 3.76. The van der Waals surface area contributed by atoms with E-state index in [4.69, 9.17) is 5.73 Å². The van der Waals surface area contributed by atoms with Crippen LogP contribution in [0.2, 0.25) is 0 Å². The van der Waals surface area contributed by atoms with E-state index in [0.717, 1.165) is 12.3 Å². The van der Waals surface area contributed by atoms with E-state index in [1.807, 2.05) is 0 Å². The highest BCUT2D eigenvalue weighted by molar-refractivity contribution is 4.88. The van der Waals surface area contributed by atoms with Gasteiger partial charge in [0.05, 0.1) is 0 Å². The van der Waals surface area contributed by atoms with Crippen molar-refractivity contribution in [3.63, 3.8) is 0 Å². The molecule has 0 radical (unpaired) electrons. The molecule has 0 aliphatic heterocycles. The lowest BCUT2D eigenvalue weighted by atomic mass is 9.75. The van der Waals surface area contributed by atoms with E-state index in [2.05, 4.69) is 34.6 Å². The topological polar surface area (TPSA) is 26.0 Å². The van der Waals surface area contributed by atoms with Crippen LogP contribution < -0.4 is 5.73 Å². The van der Waals surface area contributed by atoms with E-state index in [1.54, 1.807) is 0 Å². The van der Waals surface area contributed by atoms with Crippen molar-refractivity contribution in [3.8, 4) is 0 Å². The van der Waals surface area contributed by atoms with Crippen LogP contribution in [0.25, 0.3) is 0 Å². The third-order valence-corrected chi connectivity index (χ3v) is 3.76. The number of hydrogen-bond acceptors (Lipinski definition) is 1. The van der Waals surface area contributed by atoms with Gasteiger partial charge in [0.25, 0.3) is 0 Å². The summed E-state index contributed by atoms with van der Waals surface area (Å²) >= 11 is 0. The van der Waals surface area contributed by atoms with Crippen LogP contribution in [-0.2, 0) is 0 Å². The second kappa shape index (κ2) is 6.44. The minimum absolute atomic E-state index is 0.0728. The largest absolute Gasteiger partial charge is 0.325 e. The summed E-state index contributed by atoms with van der Waals surface area (Å²) in [7, 11) is 0. The minimum atomic E-state index is 0.0728. The maximum Gasteiger partial charge on any atom is 0.0180 e. The Kier molecular flexibility index (Phi) is 6.43. The standard InChI is InChI=1S/C13H29N/c1-6-9-11(4)10-13(14,8-3)12(5)7-2/h11-12H,6-10,14H2,1-5H3. The van der Waals surface area contributed by atoms with Crippen LogP contribution in [0.4, 0.5) is 0 Å². The summed E-state index contributed by atoms with van der Waals surface area (Å²) in [6.45, 7) is 11.4. The van der Waals surface area contributed by atoms with Crippen LogP contribution in [-0.4, -0.2) is 5.54 Å². The van der Waals surface area contributed by atoms with Crippen molar-refractivity contribution in [2.45, 2.75) is 72.3 Å². The molecule has 3 atom stereocenters. The van der Waals surface area contributed by atoms with Crippen molar-refractivity contribution in [2.75, 3.05) is 0 Å². The molecular weight excluding hydrogens is 170 g/mol. The van der Waals surface area contributed by atoms with Crippen LogP contribution in [0.3, 0.4) is 0 Å². The van der Waals surface area contributed by atoms with Gasteiger partial charge in [-0.25, -0.2) is 0 Å². The molecule has 0 aromatic heterocycles. The first kappa shape index (κ1) is 14.0. The fraction of sp³-hybridized carbons (Fsp3) is 1.00. The molecule has 14 heavy (non-hydrogen) atoms. The summed E-state index contributed by atoms with van der Waals surface area (Å²) in [5, 5.41) is 0. The number of rotatable bonds is 7. The van der Waals surface area contributed by atoms with Crippen molar-refractivity contribution < 1.29 is 0 Å². The molecule has 0 rings (SSSR count). The molecule has 2 N–H and O–H groups in total. The van der Waals surface area contributed by atoms with Crippen molar-refractivity contribution in [1.29, 1.82) is 0 Å². The monoisotopic (exact) mass is 199 g/mol. The van der Waals surface area contributed by atoms with Crippen molar-refractivity contribution in [1.82, 2.24) is 0 Å². The molecule has 1 nitrogen and oxygen atoms in total. The van der Waals surface area contributed by atoms with E-state index in [0.29, 0.717) is 5.92 Å². The van der Waals surface area contributed by atoms with Crippen molar-refractivity contribution in [3.05, 3.63) is 0 Å². The highest BCUT2D eigenvalue weighted by Crippen LogP contribution is 2.29. The highest BCUT2D eigenvalue weighted by atomic mass is 14.8. The molecule has 0 saturated carbocycles. The Morgan fingerprint density at radius 1 is 1.14 bits per heavy atom. The second-order valence-corrected chi connectivity index (χ2v) is 4.99. The van der Waals surface area contributed by atoms with Gasteiger partial charge in [-0.05, 0) is 24.7 Å². The van der Waals surface area contributed by atoms with Gasteiger partial charge in [-0.3, -0.25) is 0 Å². The van der Waals surface area contributed by atoms with Gasteiger partial charge >= 0.3 is 0 Å². The SMILES string of the molecule is CCCC(C)CC(N)(CC)C(C)CC. The van der Waals surface area contributed by atoms with Gasteiger partial charge < -0.3 is 5.73 Å². The fourth-order valence-corrected chi connectivity index (χ4v) is 2.34. The zero-order valence-electron chi connectivity index (χ0n) is 10.8. The molecule has 0 aliphatic rings. The van der Waals surface area contributed by atoms with E-state index >= 15 is 0 Å². The molecule has 0 bridgehead atoms. The Morgan fingerprint density at radius 3 is 2.07 bits per heavy atom. The normalized spacial score (nSPS) is 20.1. The molecule has 0 aromatic rings. The highest BCUT2D eigenvalue weighted by Gasteiger charge is 2.30. The molecule has 0 aliphatic carbocycles. The summed E-state index contributed by atoms with van der Waals surface area (Å²) in [6, 6.07) is 0. The lowest BCUT2D eigenvalue weighted by molar-refractivity contribution is 0.215. The molecule has 1 heteroatoms. The smallest absolute Gasteiger partial charge is 0.0180 e. The quantitative estimate of drug-likeness (QED) is 0.659. The van der Waals surface area contributed by atoms with E-state index in [-0.39, 0.29) is 5.54 Å². The Hall–Kier alpha value is -0.0400. The first-order valence-corrected chi connectivity index (χ1v) is 6.29. The summed E-state index contributed by atoms with van der Waals surface area (Å²) in [6.07, 6.45) is 6.09. The van der Waals surface area contributed by atoms with Crippen molar-refractivity contribution in [2.24, 2.45) is 17.6 Å². The Labute approximate surface area is 90.5 Å². The van der Waals surface area contributed by atoms with Crippen LogP contribution >= 0.6 is 0 Å². The molecule has 0 saturated heterocycles. The van der Waals surface area contributed by atoms with E-state index in [9.17, 15) is 0 Å². The lowest BCUT2D eigenvalue weighted by Gasteiger charge is -2.36. The summed E-state index contributed by atoms with van der Waals surface area (Å²) in [5.74, 6) is 1.42. The molecular formula is C13H29N. The molecule has 0 spiro atoms. The minimum Gasteiger partial charge on any atom is -0.325 e. The van der Waals surface area contributed by atoms with Gasteiger partial charge in [0.1, 0.15) is 0 Å². The van der Waals surface area contributed by atoms with Gasteiger partial charge in [-0.1, -0.05) is 53.9 Å². The van der Waals surface area contributed by atoms with Crippen LogP contribution in [0.15, 0.2) is 0 Å². The van der Waals surface area contributed by atoms with Gasteiger partial charge in [-0.2, -0.15) is 0 Å². The van der Waals surface area contributed by atoms with Crippen LogP contribution in [0.1, 0.15) is 66.7 Å². The molecule has 0 fully saturated rings. The average molecular weight is 199 g/mol. The number of hydrogen-bond donors (Lipinski definition) is 1. The first-order valence-electron chi connectivity index (χ1n) is 6.29. The van der Waals surface area contributed by atoms with Crippen LogP contribution in [0, 0.1) is 11.8 Å². The van der Waals surface area contributed by atoms with Crippen LogP contribution in [0.5, 0.6) is 0 Å². The van der Waals surface area contributed by atoms with E-state index < -0.39 is 0 Å². The van der Waals surface area contributed by atoms with Gasteiger partial charge in [-0.15, -0.1) is 0 Å². The average Bonchev–Trinajstić information content (AvgIpc) is 2.16. The Bertz CT molecular complexity index is 144. The van der Waals surface area contributed by atoms with Gasteiger partial charge in [0.2, 0.25) is 0 Å². The maximum absolute atomic E-state index is 6.48. The van der Waals surface area contributed by atoms with Gasteiger partial charge in [0.15, 0.2) is 0 Å². The molecule has 0 amide bonds. The van der Waals surface area contributed by atoms with Gasteiger partial charge in [0, 0.05) is 5.54 Å². The first-order chi connectivity index (χ1) is 6.50. The molecule has 86 valence electrons. The Morgan fingerprint density at radius 2 is 1.71 bits per heavy atom. The second-order valence-electron chi connectivity index (χ2n) is 4.99. The number of nitrogens with two attached hydrogens (primary N) is 1. The summed E-state index contributed by atoms with van der Waals surface area (Å²) in [4.78, 5) is 0.